The molecule has 2 saturated heterocycles. The summed E-state index contributed by atoms with van der Waals surface area (Å²) in [6.45, 7) is 3.43. The van der Waals surface area contributed by atoms with Gasteiger partial charge in [-0.05, 0) is 142 Å². The molecule has 0 amide bonds. The fourth-order valence-corrected chi connectivity index (χ4v) is 8.72. The van der Waals surface area contributed by atoms with Gasteiger partial charge in [-0.1, -0.05) is 41.9 Å². The Kier molecular flexibility index (Phi) is 12.9. The average molecular weight is 843 g/mol. The molecule has 8 nitrogen and oxygen atoms in total. The van der Waals surface area contributed by atoms with Gasteiger partial charge in [0.25, 0.3) is 0 Å². The normalized spacial score (nSPS) is 14.9. The van der Waals surface area contributed by atoms with Crippen LogP contribution in [0.3, 0.4) is 0 Å². The summed E-state index contributed by atoms with van der Waals surface area (Å²) in [6, 6.07) is 21.2. The number of pyridine rings is 1. The van der Waals surface area contributed by atoms with Gasteiger partial charge in [-0.15, -0.1) is 0 Å². The molecule has 0 spiro atoms. The lowest BCUT2D eigenvalue weighted by molar-refractivity contribution is -0.0511. The van der Waals surface area contributed by atoms with Gasteiger partial charge in [0.2, 0.25) is 5.89 Å². The molecule has 2 aromatic heterocycles. The number of nitrogens with zero attached hydrogens (tertiary/aromatic N) is 4. The first-order chi connectivity index (χ1) is 29.1. The second-order valence-corrected chi connectivity index (χ2v) is 16.0. The highest BCUT2D eigenvalue weighted by Crippen LogP contribution is 2.38. The Labute approximate surface area is 352 Å². The number of alkyl halides is 4. The SMILES string of the molecule is Cc1c(CCc2cc(OCc3cncc(OC(F)F)c3)c(CN3CCCC3)cc2Cl)cccc1-c1cccc(-c2nc3cc(CN4CCCC4)c(OC(F)F)cc3o2)c1C. The molecule has 0 aliphatic carbocycles. The lowest BCUT2D eigenvalue weighted by atomic mass is 9.89. The Morgan fingerprint density at radius 2 is 1.32 bits per heavy atom. The predicted molar refractivity (Wildman–Crippen MR) is 224 cm³/mol. The van der Waals surface area contributed by atoms with Crippen molar-refractivity contribution < 1.29 is 36.2 Å². The Balaban J connectivity index is 1.03. The smallest absolute Gasteiger partial charge is 0.387 e. The maximum absolute atomic E-state index is 13.5. The van der Waals surface area contributed by atoms with Crippen molar-refractivity contribution in [1.82, 2.24) is 19.8 Å². The molecular weight excluding hydrogens is 796 g/mol. The summed E-state index contributed by atoms with van der Waals surface area (Å²) in [7, 11) is 0. The summed E-state index contributed by atoms with van der Waals surface area (Å²) in [5.74, 6) is 1.19. The molecule has 13 heteroatoms. The highest BCUT2D eigenvalue weighted by Gasteiger charge is 2.22. The van der Waals surface area contributed by atoms with E-state index in [-0.39, 0.29) is 18.1 Å². The predicted octanol–water partition coefficient (Wildman–Crippen LogP) is 11.6. The second-order valence-electron chi connectivity index (χ2n) is 15.6. The molecule has 4 heterocycles. The number of hydrogen-bond donors (Lipinski definition) is 0. The van der Waals surface area contributed by atoms with Gasteiger partial charge in [0.1, 0.15) is 29.4 Å². The van der Waals surface area contributed by atoms with E-state index < -0.39 is 13.2 Å². The first-order valence-electron chi connectivity index (χ1n) is 20.4. The molecule has 4 aromatic carbocycles. The van der Waals surface area contributed by atoms with Gasteiger partial charge in [-0.2, -0.15) is 17.6 Å². The number of fused-ring (bicyclic) bond motifs is 1. The maximum atomic E-state index is 13.5. The average Bonchev–Trinajstić information content (AvgIpc) is 4.01. The minimum absolute atomic E-state index is 0.0220. The Morgan fingerprint density at radius 3 is 2.02 bits per heavy atom. The van der Waals surface area contributed by atoms with Crippen molar-refractivity contribution >= 4 is 22.7 Å². The third-order valence-corrected chi connectivity index (χ3v) is 11.9. The highest BCUT2D eigenvalue weighted by atomic mass is 35.5. The van der Waals surface area contributed by atoms with Gasteiger partial charge in [0.05, 0.1) is 6.20 Å². The van der Waals surface area contributed by atoms with Crippen LogP contribution in [-0.4, -0.2) is 59.2 Å². The maximum Gasteiger partial charge on any atom is 0.387 e. The number of aryl methyl sites for hydroxylation is 2. The van der Waals surface area contributed by atoms with Crippen molar-refractivity contribution in [2.24, 2.45) is 0 Å². The van der Waals surface area contributed by atoms with Gasteiger partial charge in [0, 0.05) is 52.6 Å². The number of oxazole rings is 1. The van der Waals surface area contributed by atoms with E-state index in [0.29, 0.717) is 64.8 Å². The van der Waals surface area contributed by atoms with Crippen LogP contribution < -0.4 is 14.2 Å². The molecule has 0 N–H and O–H groups in total. The molecule has 0 unspecified atom stereocenters. The minimum Gasteiger partial charge on any atom is -0.489 e. The zero-order chi connectivity index (χ0) is 41.8. The van der Waals surface area contributed by atoms with Crippen molar-refractivity contribution in [3.63, 3.8) is 0 Å². The topological polar surface area (TPSA) is 73.1 Å². The van der Waals surface area contributed by atoms with Crippen molar-refractivity contribution in [3.8, 4) is 39.8 Å². The number of halogens is 5. The van der Waals surface area contributed by atoms with Crippen molar-refractivity contribution in [3.05, 3.63) is 123 Å². The van der Waals surface area contributed by atoms with Gasteiger partial charge in [-0.25, -0.2) is 4.98 Å². The van der Waals surface area contributed by atoms with E-state index in [0.717, 1.165) is 96.4 Å². The van der Waals surface area contributed by atoms with Crippen molar-refractivity contribution in [2.75, 3.05) is 26.2 Å². The van der Waals surface area contributed by atoms with Crippen LogP contribution >= 0.6 is 11.6 Å². The largest absolute Gasteiger partial charge is 0.489 e. The van der Waals surface area contributed by atoms with Crippen LogP contribution in [0.1, 0.15) is 64.6 Å². The van der Waals surface area contributed by atoms with Crippen LogP contribution in [-0.2, 0) is 32.5 Å². The Morgan fingerprint density at radius 1 is 0.683 bits per heavy atom. The molecule has 0 atom stereocenters. The molecule has 314 valence electrons. The van der Waals surface area contributed by atoms with Crippen LogP contribution in [0.4, 0.5) is 17.6 Å². The van der Waals surface area contributed by atoms with Crippen LogP contribution in [0.25, 0.3) is 33.7 Å². The number of hydrogen-bond acceptors (Lipinski definition) is 8. The molecule has 2 fully saturated rings. The lowest BCUT2D eigenvalue weighted by Crippen LogP contribution is -2.19. The number of benzene rings is 4. The molecule has 6 aromatic rings. The molecule has 2 aliphatic heterocycles. The Bertz CT molecular complexity index is 2450. The van der Waals surface area contributed by atoms with E-state index in [2.05, 4.69) is 50.7 Å². The lowest BCUT2D eigenvalue weighted by Gasteiger charge is -2.20. The molecule has 0 saturated carbocycles. The molecule has 8 rings (SSSR count). The number of aromatic nitrogens is 2. The van der Waals surface area contributed by atoms with Gasteiger partial charge < -0.3 is 18.6 Å². The number of ether oxygens (including phenoxy) is 3. The van der Waals surface area contributed by atoms with Gasteiger partial charge >= 0.3 is 13.2 Å². The van der Waals surface area contributed by atoms with Gasteiger partial charge in [-0.3, -0.25) is 14.8 Å². The fraction of sp³-hybridized carbons (Fsp3) is 0.362. The number of likely N-dealkylation sites (tertiary alicyclic amines) is 2. The van der Waals surface area contributed by atoms with E-state index in [1.165, 1.54) is 18.3 Å². The second kappa shape index (κ2) is 18.6. The third kappa shape index (κ3) is 9.72. The summed E-state index contributed by atoms with van der Waals surface area (Å²) in [4.78, 5) is 13.5. The highest BCUT2D eigenvalue weighted by molar-refractivity contribution is 6.31. The molecule has 0 bridgehead atoms. The van der Waals surface area contributed by atoms with Crippen LogP contribution in [0, 0.1) is 13.8 Å². The van der Waals surface area contributed by atoms with Crippen molar-refractivity contribution in [2.45, 2.75) is 85.3 Å². The van der Waals surface area contributed by atoms with Crippen LogP contribution in [0.15, 0.2) is 83.5 Å². The van der Waals surface area contributed by atoms with E-state index >= 15 is 0 Å². The van der Waals surface area contributed by atoms with E-state index in [1.54, 1.807) is 12.3 Å². The monoisotopic (exact) mass is 842 g/mol. The zero-order valence-corrected chi connectivity index (χ0v) is 34.4. The fourth-order valence-electron chi connectivity index (χ4n) is 8.44. The van der Waals surface area contributed by atoms with Crippen LogP contribution in [0.2, 0.25) is 5.02 Å². The summed E-state index contributed by atoms with van der Waals surface area (Å²) in [6.07, 6.45) is 8.65. The Hall–Kier alpha value is -5.17. The molecule has 60 heavy (non-hydrogen) atoms. The summed E-state index contributed by atoms with van der Waals surface area (Å²) in [5.41, 5.74) is 10.3. The zero-order valence-electron chi connectivity index (χ0n) is 33.7. The van der Waals surface area contributed by atoms with E-state index in [1.807, 2.05) is 31.2 Å². The van der Waals surface area contributed by atoms with E-state index in [4.69, 9.17) is 30.5 Å². The molecule has 2 aliphatic rings. The first kappa shape index (κ1) is 41.6. The quantitative estimate of drug-likeness (QED) is 0.0892. The molecule has 0 radical (unpaired) electrons. The summed E-state index contributed by atoms with van der Waals surface area (Å²) < 4.78 is 74.7. The van der Waals surface area contributed by atoms with E-state index in [9.17, 15) is 17.6 Å². The van der Waals surface area contributed by atoms with Crippen molar-refractivity contribution in [1.29, 1.82) is 0 Å². The minimum atomic E-state index is -2.95. The third-order valence-electron chi connectivity index (χ3n) is 11.6. The number of rotatable bonds is 16. The van der Waals surface area contributed by atoms with Gasteiger partial charge in [0.15, 0.2) is 5.58 Å². The summed E-state index contributed by atoms with van der Waals surface area (Å²) in [5, 5.41) is 0.664. The molecular formula is C47H47ClF4N4O4. The summed E-state index contributed by atoms with van der Waals surface area (Å²) >= 11 is 6.98. The standard InChI is InChI=1S/C47H47ClF4N4O4/c1-29-32(13-14-33-22-42(34(20-40(33)48)26-55-15-3-4-16-55)57-28-31-19-36(25-53-24-31)58-46(49)50)9-7-10-37(29)38-11-8-12-39(30(38)2)45-54-41-21-35(27-56-17-5-6-18-56)43(60-47(51)52)23-44(41)59-45/h7-12,19-25,46-47H,3-6,13-18,26-28H2,1-2H3. The van der Waals surface area contributed by atoms with Crippen LogP contribution in [0.5, 0.6) is 17.2 Å². The first-order valence-corrected chi connectivity index (χ1v) is 20.8.